The van der Waals surface area contributed by atoms with E-state index in [4.69, 9.17) is 5.73 Å². The Morgan fingerprint density at radius 1 is 1.67 bits per heavy atom. The number of nitrogens with zero attached hydrogens (tertiary/aromatic N) is 1. The molecule has 1 amide bonds. The van der Waals surface area contributed by atoms with Crippen molar-refractivity contribution in [3.05, 3.63) is 15.6 Å². The van der Waals surface area contributed by atoms with Crippen LogP contribution in [0.1, 0.15) is 39.1 Å². The van der Waals surface area contributed by atoms with E-state index >= 15 is 0 Å². The first-order valence-corrected chi connectivity index (χ1v) is 5.98. The molecule has 1 aromatic heterocycles. The molecular formula is C10H15N3OS. The van der Waals surface area contributed by atoms with Gasteiger partial charge in [-0.25, -0.2) is 4.98 Å². The quantitative estimate of drug-likeness (QED) is 0.789. The van der Waals surface area contributed by atoms with Gasteiger partial charge in [0.2, 0.25) is 0 Å². The Labute approximate surface area is 92.9 Å². The fourth-order valence-electron chi connectivity index (χ4n) is 1.88. The highest BCUT2D eigenvalue weighted by atomic mass is 32.1. The molecule has 1 aliphatic rings. The van der Waals surface area contributed by atoms with Crippen LogP contribution >= 0.6 is 11.3 Å². The van der Waals surface area contributed by atoms with Gasteiger partial charge in [-0.1, -0.05) is 0 Å². The summed E-state index contributed by atoms with van der Waals surface area (Å²) < 4.78 is 0. The number of aryl methyl sites for hydroxylation is 1. The van der Waals surface area contributed by atoms with Crippen molar-refractivity contribution in [1.82, 2.24) is 10.3 Å². The second kappa shape index (κ2) is 4.28. The molecule has 15 heavy (non-hydrogen) atoms. The molecule has 0 radical (unpaired) electrons. The molecule has 2 rings (SSSR count). The highest BCUT2D eigenvalue weighted by Gasteiger charge is 2.21. The molecule has 0 aromatic carbocycles. The number of nitrogens with two attached hydrogens (primary N) is 1. The van der Waals surface area contributed by atoms with Gasteiger partial charge in [-0.3, -0.25) is 4.79 Å². The van der Waals surface area contributed by atoms with E-state index in [9.17, 15) is 4.79 Å². The topological polar surface area (TPSA) is 68.0 Å². The second-order valence-electron chi connectivity index (χ2n) is 3.87. The molecule has 3 N–H and O–H groups in total. The monoisotopic (exact) mass is 225 g/mol. The van der Waals surface area contributed by atoms with Gasteiger partial charge in [0, 0.05) is 12.5 Å². The summed E-state index contributed by atoms with van der Waals surface area (Å²) in [5, 5.41) is 4.39. The number of carbonyl (C=O) groups excluding carboxylic acids is 1. The molecule has 1 aliphatic heterocycles. The van der Waals surface area contributed by atoms with Crippen molar-refractivity contribution in [2.75, 3.05) is 13.1 Å². The lowest BCUT2D eigenvalue weighted by Gasteiger charge is -2.20. The van der Waals surface area contributed by atoms with Crippen molar-refractivity contribution in [2.24, 2.45) is 5.73 Å². The molecule has 1 atom stereocenters. The van der Waals surface area contributed by atoms with Crippen LogP contribution in [0.15, 0.2) is 0 Å². The van der Waals surface area contributed by atoms with Gasteiger partial charge in [0.05, 0.1) is 10.7 Å². The van der Waals surface area contributed by atoms with Gasteiger partial charge in [0.1, 0.15) is 4.88 Å². The molecular weight excluding hydrogens is 210 g/mol. The third-order valence-corrected chi connectivity index (χ3v) is 4.02. The van der Waals surface area contributed by atoms with Crippen LogP contribution < -0.4 is 11.1 Å². The fourth-order valence-corrected chi connectivity index (χ4v) is 2.94. The van der Waals surface area contributed by atoms with Crippen molar-refractivity contribution in [3.8, 4) is 0 Å². The zero-order valence-electron chi connectivity index (χ0n) is 8.75. The zero-order valence-corrected chi connectivity index (χ0v) is 9.56. The normalized spacial score (nSPS) is 21.5. The first kappa shape index (κ1) is 10.6. The van der Waals surface area contributed by atoms with Crippen molar-refractivity contribution in [2.45, 2.75) is 25.7 Å². The first-order chi connectivity index (χ1) is 7.18. The Kier molecular flexibility index (Phi) is 3.02. The average molecular weight is 225 g/mol. The maximum atomic E-state index is 11.1. The number of nitrogens with one attached hydrogen (secondary N) is 1. The van der Waals surface area contributed by atoms with Crippen LogP contribution in [-0.2, 0) is 0 Å². The average Bonchev–Trinajstić information content (AvgIpc) is 2.62. The predicted molar refractivity (Wildman–Crippen MR) is 60.2 cm³/mol. The number of hydrogen-bond acceptors (Lipinski definition) is 4. The van der Waals surface area contributed by atoms with E-state index in [1.165, 1.54) is 17.8 Å². The predicted octanol–water partition coefficient (Wildman–Crippen LogP) is 1.02. The number of amides is 1. The van der Waals surface area contributed by atoms with Gasteiger partial charge >= 0.3 is 0 Å². The number of hydrogen-bond donors (Lipinski definition) is 2. The lowest BCUT2D eigenvalue weighted by atomic mass is 10.0. The van der Waals surface area contributed by atoms with E-state index in [1.807, 2.05) is 6.92 Å². The van der Waals surface area contributed by atoms with Gasteiger partial charge in [-0.15, -0.1) is 11.3 Å². The van der Waals surface area contributed by atoms with E-state index < -0.39 is 0 Å². The summed E-state index contributed by atoms with van der Waals surface area (Å²) in [5.74, 6) is 0.0931. The third-order valence-electron chi connectivity index (χ3n) is 2.68. The minimum atomic E-state index is -0.361. The molecule has 4 nitrogen and oxygen atoms in total. The second-order valence-corrected chi connectivity index (χ2v) is 4.90. The fraction of sp³-hybridized carbons (Fsp3) is 0.600. The highest BCUT2D eigenvalue weighted by molar-refractivity contribution is 7.13. The Balaban J connectivity index is 2.21. The van der Waals surface area contributed by atoms with Gasteiger partial charge in [0.15, 0.2) is 0 Å². The molecule has 0 spiro atoms. The van der Waals surface area contributed by atoms with Crippen LogP contribution in [0.5, 0.6) is 0 Å². The Morgan fingerprint density at radius 2 is 2.47 bits per heavy atom. The largest absolute Gasteiger partial charge is 0.365 e. The van der Waals surface area contributed by atoms with E-state index in [-0.39, 0.29) is 5.91 Å². The summed E-state index contributed by atoms with van der Waals surface area (Å²) >= 11 is 1.45. The Hall–Kier alpha value is -0.940. The lowest BCUT2D eigenvalue weighted by Crippen LogP contribution is -2.28. The molecule has 0 bridgehead atoms. The number of rotatable bonds is 2. The molecule has 1 saturated heterocycles. The van der Waals surface area contributed by atoms with E-state index in [1.54, 1.807) is 0 Å². The molecule has 82 valence electrons. The van der Waals surface area contributed by atoms with Crippen molar-refractivity contribution in [3.63, 3.8) is 0 Å². The number of primary amides is 1. The summed E-state index contributed by atoms with van der Waals surface area (Å²) in [4.78, 5) is 16.1. The van der Waals surface area contributed by atoms with E-state index in [0.717, 1.165) is 30.2 Å². The Bertz CT molecular complexity index is 369. The number of thiazole rings is 1. The van der Waals surface area contributed by atoms with Crippen LogP contribution in [0.4, 0.5) is 0 Å². The lowest BCUT2D eigenvalue weighted by molar-refractivity contribution is 0.100. The van der Waals surface area contributed by atoms with E-state index in [2.05, 4.69) is 10.3 Å². The van der Waals surface area contributed by atoms with E-state index in [0.29, 0.717) is 10.8 Å². The molecule has 5 heteroatoms. The summed E-state index contributed by atoms with van der Waals surface area (Å²) in [6.07, 6.45) is 2.33. The maximum Gasteiger partial charge on any atom is 0.260 e. The van der Waals surface area contributed by atoms with Gasteiger partial charge < -0.3 is 11.1 Å². The van der Waals surface area contributed by atoms with Crippen LogP contribution in [-0.4, -0.2) is 24.0 Å². The first-order valence-electron chi connectivity index (χ1n) is 5.16. The van der Waals surface area contributed by atoms with Crippen LogP contribution in [0.2, 0.25) is 0 Å². The van der Waals surface area contributed by atoms with Gasteiger partial charge in [0.25, 0.3) is 5.91 Å². The zero-order chi connectivity index (χ0) is 10.8. The van der Waals surface area contributed by atoms with Gasteiger partial charge in [-0.05, 0) is 26.3 Å². The van der Waals surface area contributed by atoms with Crippen LogP contribution in [0, 0.1) is 6.92 Å². The van der Waals surface area contributed by atoms with Crippen LogP contribution in [0.3, 0.4) is 0 Å². The summed E-state index contributed by atoms with van der Waals surface area (Å²) in [6.45, 7) is 3.89. The smallest absolute Gasteiger partial charge is 0.260 e. The minimum Gasteiger partial charge on any atom is -0.365 e. The van der Waals surface area contributed by atoms with Crippen molar-refractivity contribution >= 4 is 17.2 Å². The maximum absolute atomic E-state index is 11.1. The highest BCUT2D eigenvalue weighted by Crippen LogP contribution is 2.28. The molecule has 1 aromatic rings. The number of piperidine rings is 1. The SMILES string of the molecule is Cc1nc([C@H]2CCCNC2)sc1C(N)=O. The summed E-state index contributed by atoms with van der Waals surface area (Å²) in [6, 6.07) is 0. The van der Waals surface area contributed by atoms with Gasteiger partial charge in [-0.2, -0.15) is 0 Å². The van der Waals surface area contributed by atoms with Crippen molar-refractivity contribution < 1.29 is 4.79 Å². The molecule has 0 aliphatic carbocycles. The standard InChI is InChI=1S/C10H15N3OS/c1-6-8(9(11)14)15-10(13-6)7-3-2-4-12-5-7/h7,12H,2-5H2,1H3,(H2,11,14)/t7-/m0/s1. The third kappa shape index (κ3) is 2.18. The summed E-state index contributed by atoms with van der Waals surface area (Å²) in [7, 11) is 0. The summed E-state index contributed by atoms with van der Waals surface area (Å²) in [5.41, 5.74) is 6.04. The minimum absolute atomic E-state index is 0.361. The molecule has 0 unspecified atom stereocenters. The Morgan fingerprint density at radius 3 is 3.00 bits per heavy atom. The van der Waals surface area contributed by atoms with Crippen molar-refractivity contribution in [1.29, 1.82) is 0 Å². The molecule has 2 heterocycles. The molecule has 0 saturated carbocycles. The number of carbonyl (C=O) groups is 1. The van der Waals surface area contributed by atoms with Crippen LogP contribution in [0.25, 0.3) is 0 Å². The number of aromatic nitrogens is 1. The molecule has 1 fully saturated rings.